The maximum atomic E-state index is 13.0. The number of sulfonamides is 1. The molecule has 1 saturated heterocycles. The second-order valence-corrected chi connectivity index (χ2v) is 6.90. The van der Waals surface area contributed by atoms with Gasteiger partial charge in [0.2, 0.25) is 10.0 Å². The largest absolute Gasteiger partial charge is 0.337 e. The number of likely N-dealkylation sites (tertiary alicyclic amines) is 1. The number of halogens is 2. The number of aryl methyl sites for hydroxylation is 1. The molecule has 1 aromatic rings. The van der Waals surface area contributed by atoms with E-state index in [4.69, 9.17) is 5.14 Å². The summed E-state index contributed by atoms with van der Waals surface area (Å²) in [5, 5.41) is 4.98. The smallest absolute Gasteiger partial charge is 0.319 e. The lowest BCUT2D eigenvalue weighted by Crippen LogP contribution is -2.32. The first-order chi connectivity index (χ1) is 9.69. The third-order valence-electron chi connectivity index (χ3n) is 3.58. The number of rotatable bonds is 4. The average Bonchev–Trinajstić information content (AvgIpc) is 2.92. The predicted molar refractivity (Wildman–Crippen MR) is 72.4 cm³/mol. The van der Waals surface area contributed by atoms with Crippen molar-refractivity contribution in [2.75, 3.05) is 18.8 Å². The Hall–Kier alpha value is -1.48. The van der Waals surface area contributed by atoms with Gasteiger partial charge in [-0.15, -0.1) is 0 Å². The summed E-state index contributed by atoms with van der Waals surface area (Å²) in [6.07, 6.45) is 0.497. The van der Waals surface area contributed by atoms with Crippen molar-refractivity contribution < 1.29 is 22.0 Å². The molecule has 2 N–H and O–H groups in total. The van der Waals surface area contributed by atoms with Crippen molar-refractivity contribution in [3.63, 3.8) is 0 Å². The van der Waals surface area contributed by atoms with Crippen LogP contribution in [0.5, 0.6) is 0 Å². The summed E-state index contributed by atoms with van der Waals surface area (Å²) < 4.78 is 48.7. The number of nitrogens with zero attached hydrogens (tertiary/aromatic N) is 2. The van der Waals surface area contributed by atoms with E-state index in [2.05, 4.69) is 0 Å². The maximum Gasteiger partial charge on any atom is 0.319 e. The van der Waals surface area contributed by atoms with Crippen LogP contribution < -0.4 is 5.14 Å². The van der Waals surface area contributed by atoms with Crippen molar-refractivity contribution in [3.05, 3.63) is 23.5 Å². The Labute approximate surface area is 121 Å². The molecule has 9 heteroatoms. The minimum Gasteiger partial charge on any atom is -0.337 e. The Morgan fingerprint density at radius 3 is 2.71 bits per heavy atom. The summed E-state index contributed by atoms with van der Waals surface area (Å²) in [7, 11) is -3.60. The van der Waals surface area contributed by atoms with Gasteiger partial charge in [-0.05, 0) is 31.4 Å². The minimum absolute atomic E-state index is 0.0845. The van der Waals surface area contributed by atoms with E-state index in [1.165, 1.54) is 24.0 Å². The Morgan fingerprint density at radius 1 is 1.48 bits per heavy atom. The fraction of sp³-hybridized carbons (Fsp3) is 0.583. The molecule has 1 aliphatic rings. The highest BCUT2D eigenvalue weighted by atomic mass is 32.2. The molecule has 6 nitrogen and oxygen atoms in total. The van der Waals surface area contributed by atoms with E-state index in [1.54, 1.807) is 0 Å². The monoisotopic (exact) mass is 321 g/mol. The van der Waals surface area contributed by atoms with E-state index < -0.39 is 22.5 Å². The average molecular weight is 321 g/mol. The molecule has 0 radical (unpaired) electrons. The fourth-order valence-electron chi connectivity index (χ4n) is 2.63. The molecule has 21 heavy (non-hydrogen) atoms. The predicted octanol–water partition coefficient (Wildman–Crippen LogP) is 0.942. The van der Waals surface area contributed by atoms with E-state index >= 15 is 0 Å². The highest BCUT2D eigenvalue weighted by Gasteiger charge is 2.31. The van der Waals surface area contributed by atoms with Gasteiger partial charge in [-0.25, -0.2) is 13.6 Å². The van der Waals surface area contributed by atoms with Crippen LogP contribution in [0.15, 0.2) is 12.1 Å². The zero-order chi connectivity index (χ0) is 15.8. The topological polar surface area (TPSA) is 85.4 Å². The fourth-order valence-corrected chi connectivity index (χ4v) is 3.56. The lowest BCUT2D eigenvalue weighted by Gasteiger charge is -2.18. The van der Waals surface area contributed by atoms with Crippen LogP contribution in [0.1, 0.15) is 29.2 Å². The normalized spacial score (nSPS) is 19.5. The summed E-state index contributed by atoms with van der Waals surface area (Å²) in [6.45, 7) is -0.742. The van der Waals surface area contributed by atoms with Crippen molar-refractivity contribution >= 4 is 15.9 Å². The van der Waals surface area contributed by atoms with E-state index in [0.717, 1.165) is 0 Å². The highest BCUT2D eigenvalue weighted by molar-refractivity contribution is 7.89. The van der Waals surface area contributed by atoms with Crippen molar-refractivity contribution in [2.45, 2.75) is 19.9 Å². The van der Waals surface area contributed by atoms with Gasteiger partial charge in [0.15, 0.2) is 0 Å². The van der Waals surface area contributed by atoms with Crippen LogP contribution in [0.2, 0.25) is 0 Å². The van der Waals surface area contributed by atoms with Gasteiger partial charge >= 0.3 is 6.55 Å². The Bertz CT molecular complexity index is 642. The third-order valence-corrected chi connectivity index (χ3v) is 4.51. The van der Waals surface area contributed by atoms with E-state index in [-0.39, 0.29) is 23.9 Å². The van der Waals surface area contributed by atoms with Crippen LogP contribution >= 0.6 is 0 Å². The lowest BCUT2D eigenvalue weighted by molar-refractivity contribution is 0.0565. The number of carbonyl (C=O) groups excluding carboxylic acids is 1. The van der Waals surface area contributed by atoms with Gasteiger partial charge < -0.3 is 4.90 Å². The van der Waals surface area contributed by atoms with Gasteiger partial charge in [0.05, 0.1) is 5.75 Å². The Kier molecular flexibility index (Phi) is 4.33. The second kappa shape index (κ2) is 5.72. The Morgan fingerprint density at radius 2 is 2.14 bits per heavy atom. The van der Waals surface area contributed by atoms with Gasteiger partial charge in [-0.1, -0.05) is 0 Å². The van der Waals surface area contributed by atoms with E-state index in [0.29, 0.717) is 23.2 Å². The molecule has 1 aliphatic heterocycles. The molecule has 1 aromatic heterocycles. The molecule has 0 spiro atoms. The molecular formula is C12H17F2N3O3S. The molecule has 0 bridgehead atoms. The number of carbonyl (C=O) groups is 1. The highest BCUT2D eigenvalue weighted by Crippen LogP contribution is 2.23. The van der Waals surface area contributed by atoms with Gasteiger partial charge in [0, 0.05) is 18.8 Å². The maximum absolute atomic E-state index is 13.0. The van der Waals surface area contributed by atoms with Crippen molar-refractivity contribution in [1.29, 1.82) is 0 Å². The van der Waals surface area contributed by atoms with Crippen molar-refractivity contribution in [3.8, 4) is 0 Å². The number of nitrogens with two attached hydrogens (primary N) is 1. The molecule has 2 rings (SSSR count). The van der Waals surface area contributed by atoms with Gasteiger partial charge in [0.25, 0.3) is 5.91 Å². The number of hydrogen-bond acceptors (Lipinski definition) is 3. The number of alkyl halides is 2. The zero-order valence-electron chi connectivity index (χ0n) is 11.5. The molecular weight excluding hydrogens is 304 g/mol. The first-order valence-corrected chi connectivity index (χ1v) is 8.16. The molecule has 1 atom stereocenters. The lowest BCUT2D eigenvalue weighted by atomic mass is 10.2. The van der Waals surface area contributed by atoms with Crippen molar-refractivity contribution in [1.82, 2.24) is 9.47 Å². The van der Waals surface area contributed by atoms with Crippen LogP contribution in [0.25, 0.3) is 0 Å². The molecule has 1 fully saturated rings. The molecule has 1 amide bonds. The molecule has 1 unspecified atom stereocenters. The summed E-state index contributed by atoms with van der Waals surface area (Å²) >= 11 is 0. The minimum atomic E-state index is -3.60. The van der Waals surface area contributed by atoms with Gasteiger partial charge in [0.1, 0.15) is 5.69 Å². The molecule has 0 saturated carbocycles. The number of amides is 1. The Balaban J connectivity index is 2.12. The molecule has 2 heterocycles. The summed E-state index contributed by atoms with van der Waals surface area (Å²) in [5.41, 5.74) is 0.215. The van der Waals surface area contributed by atoms with Crippen LogP contribution in [-0.4, -0.2) is 42.6 Å². The summed E-state index contributed by atoms with van der Waals surface area (Å²) in [6, 6.07) is 2.81. The standard InChI is InChI=1S/C12H17F2N3O3S/c1-8-2-3-10(17(8)12(13)14)11(18)16-5-4-9(6-16)7-21(15,19)20/h2-3,9,12H,4-7H2,1H3,(H2,15,19,20). The van der Waals surface area contributed by atoms with Gasteiger partial charge in [-0.3, -0.25) is 9.36 Å². The van der Waals surface area contributed by atoms with Crippen LogP contribution in [0, 0.1) is 12.8 Å². The van der Waals surface area contributed by atoms with Crippen LogP contribution in [0.4, 0.5) is 8.78 Å². The number of primary sulfonamides is 1. The van der Waals surface area contributed by atoms with E-state index in [9.17, 15) is 22.0 Å². The van der Waals surface area contributed by atoms with Crippen molar-refractivity contribution in [2.24, 2.45) is 11.1 Å². The first kappa shape index (κ1) is 15.9. The summed E-state index contributed by atoms with van der Waals surface area (Å²) in [4.78, 5) is 13.7. The molecule has 0 aromatic carbocycles. The number of hydrogen-bond donors (Lipinski definition) is 1. The molecule has 0 aliphatic carbocycles. The SMILES string of the molecule is Cc1ccc(C(=O)N2CCC(CS(N)(=O)=O)C2)n1C(F)F. The quantitative estimate of drug-likeness (QED) is 0.895. The number of aromatic nitrogens is 1. The first-order valence-electron chi connectivity index (χ1n) is 6.45. The van der Waals surface area contributed by atoms with Crippen LogP contribution in [-0.2, 0) is 10.0 Å². The second-order valence-electron chi connectivity index (χ2n) is 5.24. The third kappa shape index (κ3) is 3.59. The zero-order valence-corrected chi connectivity index (χ0v) is 12.3. The van der Waals surface area contributed by atoms with Gasteiger partial charge in [-0.2, -0.15) is 8.78 Å². The van der Waals surface area contributed by atoms with E-state index in [1.807, 2.05) is 0 Å². The molecule has 118 valence electrons. The summed E-state index contributed by atoms with van der Waals surface area (Å²) in [5.74, 6) is -0.966. The van der Waals surface area contributed by atoms with Crippen LogP contribution in [0.3, 0.4) is 0 Å².